The number of rotatable bonds is 2. The fraction of sp³-hybridized carbons (Fsp3) is 0.182. The average Bonchev–Trinajstić information content (AvgIpc) is 2.27. The number of hydrogen-bond donors (Lipinski definition) is 2. The Labute approximate surface area is 98.3 Å². The van der Waals surface area contributed by atoms with Gasteiger partial charge in [0.25, 0.3) is 0 Å². The quantitative estimate of drug-likeness (QED) is 0.598. The van der Waals surface area contributed by atoms with Crippen LogP contribution in [0, 0.1) is 0 Å². The molecule has 6 heteroatoms. The second-order valence-corrected chi connectivity index (χ2v) is 3.52. The van der Waals surface area contributed by atoms with Gasteiger partial charge in [-0.3, -0.25) is 0 Å². The lowest BCUT2D eigenvalue weighted by atomic mass is 10.2. The monoisotopic (exact) mass is 231 g/mol. The molecule has 0 spiro atoms. The van der Waals surface area contributed by atoms with Crippen LogP contribution in [0.2, 0.25) is 0 Å². The van der Waals surface area contributed by atoms with E-state index < -0.39 is 0 Å². The number of nitrogen functional groups attached to an aromatic ring is 1. The zero-order valence-corrected chi connectivity index (χ0v) is 9.64. The minimum Gasteiger partial charge on any atom is -0.494 e. The summed E-state index contributed by atoms with van der Waals surface area (Å²) >= 11 is 0. The lowest BCUT2D eigenvalue weighted by Gasteiger charge is -2.06. The number of methoxy groups -OCH3 is 1. The summed E-state index contributed by atoms with van der Waals surface area (Å²) in [5.41, 5.74) is 11.8. The van der Waals surface area contributed by atoms with E-state index in [1.165, 1.54) is 0 Å². The van der Waals surface area contributed by atoms with Crippen molar-refractivity contribution in [3.05, 3.63) is 18.2 Å². The Kier molecular flexibility index (Phi) is 2.78. The Morgan fingerprint density at radius 1 is 1.35 bits per heavy atom. The van der Waals surface area contributed by atoms with Crippen LogP contribution < -0.4 is 16.2 Å². The predicted octanol–water partition coefficient (Wildman–Crippen LogP) is 1.23. The van der Waals surface area contributed by atoms with Crippen LogP contribution in [-0.2, 0) is 0 Å². The summed E-state index contributed by atoms with van der Waals surface area (Å²) in [7, 11) is 1.57. The molecule has 0 aliphatic carbocycles. The maximum Gasteiger partial charge on any atom is 0.222 e. The van der Waals surface area contributed by atoms with Gasteiger partial charge in [0, 0.05) is 5.39 Å². The van der Waals surface area contributed by atoms with Crippen molar-refractivity contribution in [3.8, 4) is 5.75 Å². The van der Waals surface area contributed by atoms with Crippen molar-refractivity contribution in [2.24, 2.45) is 10.7 Å². The standard InChI is InChI=1S/C11H13N5O/c1-6(12)14-10-7-4-3-5-8(17-2)9(7)15-11(13)16-10/h3-5H,1-2H3,(H4,12,13,14,15,16). The molecule has 0 aliphatic heterocycles. The lowest BCUT2D eigenvalue weighted by molar-refractivity contribution is 0.419. The summed E-state index contributed by atoms with van der Waals surface area (Å²) in [6.45, 7) is 1.68. The van der Waals surface area contributed by atoms with Gasteiger partial charge in [-0.2, -0.15) is 4.98 Å². The minimum atomic E-state index is 0.141. The van der Waals surface area contributed by atoms with Crippen LogP contribution in [0.1, 0.15) is 6.92 Å². The Morgan fingerprint density at radius 2 is 2.12 bits per heavy atom. The number of hydrogen-bond acceptors (Lipinski definition) is 5. The van der Waals surface area contributed by atoms with E-state index in [1.807, 2.05) is 12.1 Å². The van der Waals surface area contributed by atoms with E-state index in [4.69, 9.17) is 16.2 Å². The SMILES string of the molecule is COc1cccc2c(N=C(C)N)nc(N)nc12. The third-order valence-corrected chi connectivity index (χ3v) is 2.19. The summed E-state index contributed by atoms with van der Waals surface area (Å²) in [4.78, 5) is 12.3. The van der Waals surface area contributed by atoms with Gasteiger partial charge in [0.1, 0.15) is 11.3 Å². The van der Waals surface area contributed by atoms with Gasteiger partial charge < -0.3 is 16.2 Å². The van der Waals surface area contributed by atoms with E-state index in [9.17, 15) is 0 Å². The van der Waals surface area contributed by atoms with Crippen LogP contribution in [0.5, 0.6) is 5.75 Å². The highest BCUT2D eigenvalue weighted by molar-refractivity contribution is 5.95. The van der Waals surface area contributed by atoms with Crippen molar-refractivity contribution in [2.45, 2.75) is 6.92 Å². The molecular weight excluding hydrogens is 218 g/mol. The Balaban J connectivity index is 2.81. The first-order chi connectivity index (χ1) is 8.11. The smallest absolute Gasteiger partial charge is 0.222 e. The highest BCUT2D eigenvalue weighted by Gasteiger charge is 2.09. The molecule has 6 nitrogen and oxygen atoms in total. The number of nitrogens with two attached hydrogens (primary N) is 2. The first-order valence-electron chi connectivity index (χ1n) is 5.03. The van der Waals surface area contributed by atoms with Gasteiger partial charge in [0.15, 0.2) is 5.82 Å². The van der Waals surface area contributed by atoms with Crippen molar-refractivity contribution in [1.29, 1.82) is 0 Å². The molecule has 1 aromatic heterocycles. The number of amidine groups is 1. The van der Waals surface area contributed by atoms with Crippen LogP contribution in [0.25, 0.3) is 10.9 Å². The van der Waals surface area contributed by atoms with E-state index in [-0.39, 0.29) is 5.95 Å². The van der Waals surface area contributed by atoms with E-state index in [0.717, 1.165) is 5.39 Å². The Bertz CT molecular complexity index is 590. The van der Waals surface area contributed by atoms with Crippen molar-refractivity contribution in [1.82, 2.24) is 9.97 Å². The maximum atomic E-state index is 5.64. The number of nitrogens with zero attached hydrogens (tertiary/aromatic N) is 3. The van der Waals surface area contributed by atoms with Crippen molar-refractivity contribution >= 4 is 28.5 Å². The van der Waals surface area contributed by atoms with E-state index in [1.54, 1.807) is 20.1 Å². The Hall–Kier alpha value is -2.37. The number of aromatic nitrogens is 2. The summed E-state index contributed by atoms with van der Waals surface area (Å²) in [6, 6.07) is 5.49. The van der Waals surface area contributed by atoms with Crippen LogP contribution >= 0.6 is 0 Å². The van der Waals surface area contributed by atoms with Crippen LogP contribution in [0.15, 0.2) is 23.2 Å². The molecule has 0 saturated heterocycles. The molecule has 0 saturated carbocycles. The zero-order valence-electron chi connectivity index (χ0n) is 9.64. The lowest BCUT2D eigenvalue weighted by Crippen LogP contribution is -2.05. The molecule has 0 amide bonds. The second-order valence-electron chi connectivity index (χ2n) is 3.52. The molecule has 17 heavy (non-hydrogen) atoms. The summed E-state index contributed by atoms with van der Waals surface area (Å²) < 4.78 is 5.22. The first-order valence-corrected chi connectivity index (χ1v) is 5.03. The van der Waals surface area contributed by atoms with E-state index in [2.05, 4.69) is 15.0 Å². The number of aliphatic imine (C=N–C) groups is 1. The molecule has 88 valence electrons. The highest BCUT2D eigenvalue weighted by atomic mass is 16.5. The topological polar surface area (TPSA) is 99.4 Å². The minimum absolute atomic E-state index is 0.141. The number of anilines is 1. The van der Waals surface area contributed by atoms with Gasteiger partial charge in [-0.05, 0) is 19.1 Å². The number of fused-ring (bicyclic) bond motifs is 1. The number of benzene rings is 1. The maximum absolute atomic E-state index is 5.64. The first kappa shape index (κ1) is 11.1. The summed E-state index contributed by atoms with van der Waals surface area (Å²) in [6.07, 6.45) is 0. The normalized spacial score (nSPS) is 11.8. The molecule has 2 rings (SSSR count). The molecule has 0 fully saturated rings. The number of ether oxygens (including phenoxy) is 1. The summed E-state index contributed by atoms with van der Waals surface area (Å²) in [5, 5.41) is 0.753. The van der Waals surface area contributed by atoms with Crippen molar-refractivity contribution in [2.75, 3.05) is 12.8 Å². The molecule has 1 heterocycles. The average molecular weight is 231 g/mol. The number of para-hydroxylation sites is 1. The molecular formula is C11H13N5O. The van der Waals surface area contributed by atoms with Crippen LogP contribution in [-0.4, -0.2) is 22.9 Å². The third kappa shape index (κ3) is 2.10. The fourth-order valence-electron chi connectivity index (χ4n) is 1.54. The molecule has 4 N–H and O–H groups in total. The fourth-order valence-corrected chi connectivity index (χ4v) is 1.54. The van der Waals surface area contributed by atoms with Gasteiger partial charge in [0.05, 0.1) is 12.9 Å². The highest BCUT2D eigenvalue weighted by Crippen LogP contribution is 2.29. The van der Waals surface area contributed by atoms with Gasteiger partial charge in [-0.25, -0.2) is 9.98 Å². The largest absolute Gasteiger partial charge is 0.494 e. The van der Waals surface area contributed by atoms with Gasteiger partial charge in [0.2, 0.25) is 5.95 Å². The third-order valence-electron chi connectivity index (χ3n) is 2.19. The van der Waals surface area contributed by atoms with Crippen LogP contribution in [0.4, 0.5) is 11.8 Å². The predicted molar refractivity (Wildman–Crippen MR) is 67.5 cm³/mol. The molecule has 0 unspecified atom stereocenters. The van der Waals surface area contributed by atoms with Crippen molar-refractivity contribution < 1.29 is 4.74 Å². The molecule has 0 atom stereocenters. The Morgan fingerprint density at radius 3 is 2.76 bits per heavy atom. The van der Waals surface area contributed by atoms with Gasteiger partial charge in [-0.15, -0.1) is 0 Å². The molecule has 0 radical (unpaired) electrons. The molecule has 1 aromatic carbocycles. The van der Waals surface area contributed by atoms with E-state index >= 15 is 0 Å². The molecule has 0 bridgehead atoms. The molecule has 0 aliphatic rings. The van der Waals surface area contributed by atoms with E-state index in [0.29, 0.717) is 22.9 Å². The van der Waals surface area contributed by atoms with Crippen molar-refractivity contribution in [3.63, 3.8) is 0 Å². The van der Waals surface area contributed by atoms with Crippen LogP contribution in [0.3, 0.4) is 0 Å². The van der Waals surface area contributed by atoms with Gasteiger partial charge >= 0.3 is 0 Å². The summed E-state index contributed by atoms with van der Waals surface area (Å²) in [5.74, 6) is 1.63. The second kappa shape index (κ2) is 4.25. The zero-order chi connectivity index (χ0) is 12.4. The van der Waals surface area contributed by atoms with Gasteiger partial charge in [-0.1, -0.05) is 6.07 Å². The molecule has 2 aromatic rings.